The molecule has 2 aromatic rings. The van der Waals surface area contributed by atoms with Gasteiger partial charge in [0.25, 0.3) is 0 Å². The molecule has 1 heterocycles. The highest BCUT2D eigenvalue weighted by Gasteiger charge is 2.24. The van der Waals surface area contributed by atoms with Gasteiger partial charge in [0.2, 0.25) is 0 Å². The number of allylic oxidation sites excluding steroid dienone is 1. The van der Waals surface area contributed by atoms with E-state index >= 15 is 0 Å². The number of rotatable bonds is 1. The van der Waals surface area contributed by atoms with E-state index in [-0.39, 0.29) is 5.78 Å². The Morgan fingerprint density at radius 2 is 2.00 bits per heavy atom. The van der Waals surface area contributed by atoms with Gasteiger partial charge in [-0.15, -0.1) is 0 Å². The Morgan fingerprint density at radius 1 is 1.12 bits per heavy atom. The largest absolute Gasteiger partial charge is 0.465 e. The molecule has 0 N–H and O–H groups in total. The summed E-state index contributed by atoms with van der Waals surface area (Å²) in [6.45, 7) is 0. The van der Waals surface area contributed by atoms with Gasteiger partial charge in [-0.05, 0) is 23.8 Å². The SMILES string of the molecule is O=C1C(=Cc2ccco2)Cc2ccccc21. The van der Waals surface area contributed by atoms with Crippen LogP contribution in [0.4, 0.5) is 0 Å². The van der Waals surface area contributed by atoms with Crippen molar-refractivity contribution in [2.24, 2.45) is 0 Å². The molecule has 0 saturated carbocycles. The van der Waals surface area contributed by atoms with Crippen LogP contribution in [0.1, 0.15) is 21.7 Å². The molecule has 0 saturated heterocycles. The first-order chi connectivity index (χ1) is 7.84. The van der Waals surface area contributed by atoms with E-state index in [2.05, 4.69) is 0 Å². The van der Waals surface area contributed by atoms with Gasteiger partial charge >= 0.3 is 0 Å². The quantitative estimate of drug-likeness (QED) is 0.677. The van der Waals surface area contributed by atoms with Crippen LogP contribution in [0.2, 0.25) is 0 Å². The van der Waals surface area contributed by atoms with E-state index in [1.54, 1.807) is 6.26 Å². The van der Waals surface area contributed by atoms with E-state index in [0.29, 0.717) is 6.42 Å². The zero-order valence-corrected chi connectivity index (χ0v) is 8.64. The van der Waals surface area contributed by atoms with E-state index in [0.717, 1.165) is 22.5 Å². The summed E-state index contributed by atoms with van der Waals surface area (Å²) in [5.41, 5.74) is 2.72. The number of hydrogen-bond donors (Lipinski definition) is 0. The van der Waals surface area contributed by atoms with Crippen molar-refractivity contribution in [3.63, 3.8) is 0 Å². The second-order valence-electron chi connectivity index (χ2n) is 3.85. The molecule has 1 aliphatic rings. The summed E-state index contributed by atoms with van der Waals surface area (Å²) < 4.78 is 5.21. The van der Waals surface area contributed by atoms with Crippen molar-refractivity contribution in [2.45, 2.75) is 6.42 Å². The molecule has 16 heavy (non-hydrogen) atoms. The number of benzene rings is 1. The minimum absolute atomic E-state index is 0.118. The summed E-state index contributed by atoms with van der Waals surface area (Å²) in [5, 5.41) is 0. The van der Waals surface area contributed by atoms with Crippen molar-refractivity contribution in [3.05, 3.63) is 65.1 Å². The summed E-state index contributed by atoms with van der Waals surface area (Å²) in [6, 6.07) is 11.4. The van der Waals surface area contributed by atoms with Gasteiger partial charge in [-0.2, -0.15) is 0 Å². The Bertz CT molecular complexity index is 562. The molecule has 1 aromatic heterocycles. The van der Waals surface area contributed by atoms with E-state index in [4.69, 9.17) is 4.42 Å². The lowest BCUT2D eigenvalue weighted by Crippen LogP contribution is -1.94. The van der Waals surface area contributed by atoms with Crippen LogP contribution in [0.25, 0.3) is 6.08 Å². The van der Waals surface area contributed by atoms with E-state index < -0.39 is 0 Å². The van der Waals surface area contributed by atoms with Gasteiger partial charge in [0.15, 0.2) is 5.78 Å². The van der Waals surface area contributed by atoms with Crippen molar-refractivity contribution < 1.29 is 9.21 Å². The van der Waals surface area contributed by atoms with Gasteiger partial charge in [0.1, 0.15) is 5.76 Å². The van der Waals surface area contributed by atoms with Crippen LogP contribution in [0, 0.1) is 0 Å². The number of ketones is 1. The molecule has 0 radical (unpaired) electrons. The first-order valence-electron chi connectivity index (χ1n) is 5.21. The average molecular weight is 210 g/mol. The summed E-state index contributed by atoms with van der Waals surface area (Å²) in [7, 11) is 0. The maximum Gasteiger partial charge on any atom is 0.189 e. The fraction of sp³-hybridized carbons (Fsp3) is 0.0714. The first kappa shape index (κ1) is 9.16. The molecule has 2 heteroatoms. The second kappa shape index (κ2) is 3.49. The summed E-state index contributed by atoms with van der Waals surface area (Å²) in [4.78, 5) is 12.0. The van der Waals surface area contributed by atoms with Crippen molar-refractivity contribution in [3.8, 4) is 0 Å². The van der Waals surface area contributed by atoms with Gasteiger partial charge in [-0.25, -0.2) is 0 Å². The molecule has 0 amide bonds. The Kier molecular flexibility index (Phi) is 2.00. The third kappa shape index (κ3) is 1.39. The standard InChI is InChI=1S/C14H10O2/c15-14-11(9-12-5-3-7-16-12)8-10-4-1-2-6-13(10)14/h1-7,9H,8H2. The lowest BCUT2D eigenvalue weighted by Gasteiger charge is -1.92. The zero-order chi connectivity index (χ0) is 11.0. The summed E-state index contributed by atoms with van der Waals surface area (Å²) in [5.74, 6) is 0.850. The topological polar surface area (TPSA) is 30.2 Å². The maximum atomic E-state index is 12.0. The molecular weight excluding hydrogens is 200 g/mol. The number of hydrogen-bond acceptors (Lipinski definition) is 2. The second-order valence-corrected chi connectivity index (χ2v) is 3.85. The molecule has 0 atom stereocenters. The molecule has 78 valence electrons. The van der Waals surface area contributed by atoms with Gasteiger partial charge in [-0.3, -0.25) is 4.79 Å². The van der Waals surface area contributed by atoms with Crippen LogP contribution in [0.15, 0.2) is 52.7 Å². The van der Waals surface area contributed by atoms with Crippen LogP contribution in [0.3, 0.4) is 0 Å². The van der Waals surface area contributed by atoms with Gasteiger partial charge in [0.05, 0.1) is 6.26 Å². The number of carbonyl (C=O) groups is 1. The number of carbonyl (C=O) groups excluding carboxylic acids is 1. The van der Waals surface area contributed by atoms with Crippen molar-refractivity contribution in [1.82, 2.24) is 0 Å². The number of Topliss-reactive ketones (excluding diaryl/α,β-unsaturated/α-hetero) is 1. The van der Waals surface area contributed by atoms with Crippen LogP contribution in [-0.2, 0) is 6.42 Å². The lowest BCUT2D eigenvalue weighted by atomic mass is 10.1. The molecule has 1 aliphatic carbocycles. The van der Waals surface area contributed by atoms with Crippen LogP contribution in [0.5, 0.6) is 0 Å². The molecule has 0 spiro atoms. The third-order valence-corrected chi connectivity index (χ3v) is 2.79. The van der Waals surface area contributed by atoms with Crippen molar-refractivity contribution >= 4 is 11.9 Å². The Balaban J connectivity index is 2.02. The fourth-order valence-electron chi connectivity index (χ4n) is 2.02. The number of fused-ring (bicyclic) bond motifs is 1. The first-order valence-corrected chi connectivity index (χ1v) is 5.21. The zero-order valence-electron chi connectivity index (χ0n) is 8.64. The van der Waals surface area contributed by atoms with Gasteiger partial charge in [0, 0.05) is 17.6 Å². The molecule has 0 unspecified atom stereocenters. The van der Waals surface area contributed by atoms with Gasteiger partial charge < -0.3 is 4.42 Å². The molecule has 1 aromatic carbocycles. The number of furan rings is 1. The Labute approximate surface area is 93.2 Å². The highest BCUT2D eigenvalue weighted by molar-refractivity contribution is 6.15. The summed E-state index contributed by atoms with van der Waals surface area (Å²) in [6.07, 6.45) is 4.14. The monoisotopic (exact) mass is 210 g/mol. The highest BCUT2D eigenvalue weighted by atomic mass is 16.3. The average Bonchev–Trinajstić information content (AvgIpc) is 2.90. The molecule has 0 bridgehead atoms. The lowest BCUT2D eigenvalue weighted by molar-refractivity contribution is 0.104. The maximum absolute atomic E-state index is 12.0. The Morgan fingerprint density at radius 3 is 2.75 bits per heavy atom. The van der Waals surface area contributed by atoms with Crippen molar-refractivity contribution in [1.29, 1.82) is 0 Å². The minimum Gasteiger partial charge on any atom is -0.465 e. The molecule has 3 rings (SSSR count). The van der Waals surface area contributed by atoms with E-state index in [1.807, 2.05) is 42.5 Å². The van der Waals surface area contributed by atoms with Crippen molar-refractivity contribution in [2.75, 3.05) is 0 Å². The third-order valence-electron chi connectivity index (χ3n) is 2.79. The van der Waals surface area contributed by atoms with E-state index in [9.17, 15) is 4.79 Å². The van der Waals surface area contributed by atoms with Gasteiger partial charge in [-0.1, -0.05) is 24.3 Å². The van der Waals surface area contributed by atoms with Crippen LogP contribution in [-0.4, -0.2) is 5.78 Å². The highest BCUT2D eigenvalue weighted by Crippen LogP contribution is 2.27. The van der Waals surface area contributed by atoms with Crippen LogP contribution < -0.4 is 0 Å². The predicted octanol–water partition coefficient (Wildman–Crippen LogP) is 3.10. The molecule has 0 aliphatic heterocycles. The van der Waals surface area contributed by atoms with Crippen LogP contribution >= 0.6 is 0 Å². The molecular formula is C14H10O2. The molecule has 0 fully saturated rings. The predicted molar refractivity (Wildman–Crippen MR) is 61.2 cm³/mol. The Hall–Kier alpha value is -2.09. The normalized spacial score (nSPS) is 16.8. The van der Waals surface area contributed by atoms with E-state index in [1.165, 1.54) is 0 Å². The fourth-order valence-corrected chi connectivity index (χ4v) is 2.02. The minimum atomic E-state index is 0.118. The smallest absolute Gasteiger partial charge is 0.189 e. The summed E-state index contributed by atoms with van der Waals surface area (Å²) >= 11 is 0. The molecule has 2 nitrogen and oxygen atoms in total.